The van der Waals surface area contributed by atoms with Crippen molar-refractivity contribution < 1.29 is 17.5 Å². The molecule has 0 aliphatic carbocycles. The van der Waals surface area contributed by atoms with E-state index in [0.717, 1.165) is 16.5 Å². The SMILES string of the molecule is CO[C@H]1CCN(c2nccc(Nc3cc4c(C(C)C)ccc(N5CC(CS(C)(=O)=O)C5)c4cn3)n2)C[C@H]1F. The summed E-state index contributed by atoms with van der Waals surface area (Å²) in [4.78, 5) is 17.7. The molecule has 3 aromatic rings. The second-order valence-corrected chi connectivity index (χ2v) is 12.9. The quantitative estimate of drug-likeness (QED) is 0.454. The van der Waals surface area contributed by atoms with Crippen LogP contribution in [-0.4, -0.2) is 80.9 Å². The molecule has 38 heavy (non-hydrogen) atoms. The van der Waals surface area contributed by atoms with E-state index in [4.69, 9.17) is 4.74 Å². The molecule has 2 aliphatic rings. The molecule has 5 rings (SSSR count). The van der Waals surface area contributed by atoms with Crippen molar-refractivity contribution >= 4 is 43.9 Å². The van der Waals surface area contributed by atoms with Crippen molar-refractivity contribution in [1.82, 2.24) is 15.0 Å². The summed E-state index contributed by atoms with van der Waals surface area (Å²) in [6.07, 6.45) is 3.92. The molecule has 0 saturated carbocycles. The van der Waals surface area contributed by atoms with Gasteiger partial charge >= 0.3 is 0 Å². The fourth-order valence-electron chi connectivity index (χ4n) is 5.43. The summed E-state index contributed by atoms with van der Waals surface area (Å²) >= 11 is 0. The number of anilines is 4. The summed E-state index contributed by atoms with van der Waals surface area (Å²) in [6.45, 7) is 6.57. The van der Waals surface area contributed by atoms with Crippen molar-refractivity contribution in [2.45, 2.75) is 38.5 Å². The third kappa shape index (κ3) is 5.68. The number of piperidine rings is 1. The Morgan fingerprint density at radius 1 is 1.11 bits per heavy atom. The van der Waals surface area contributed by atoms with Gasteiger partial charge in [0, 0.05) is 62.4 Å². The lowest BCUT2D eigenvalue weighted by atomic mass is 9.93. The van der Waals surface area contributed by atoms with E-state index in [1.807, 2.05) is 17.2 Å². The Balaban J connectivity index is 1.37. The van der Waals surface area contributed by atoms with Crippen LogP contribution < -0.4 is 15.1 Å². The Labute approximate surface area is 223 Å². The number of benzene rings is 1. The number of hydrogen-bond donors (Lipinski definition) is 1. The molecule has 2 fully saturated rings. The first kappa shape index (κ1) is 26.6. The van der Waals surface area contributed by atoms with E-state index in [9.17, 15) is 12.8 Å². The number of alkyl halides is 1. The van der Waals surface area contributed by atoms with E-state index in [0.29, 0.717) is 49.6 Å². The topological polar surface area (TPSA) is 101 Å². The molecular weight excluding hydrogens is 507 g/mol. The molecule has 0 spiro atoms. The molecule has 0 radical (unpaired) electrons. The number of ether oxygens (including phenoxy) is 1. The molecule has 0 amide bonds. The smallest absolute Gasteiger partial charge is 0.227 e. The van der Waals surface area contributed by atoms with Gasteiger partial charge in [0.15, 0.2) is 0 Å². The highest BCUT2D eigenvalue weighted by molar-refractivity contribution is 7.90. The van der Waals surface area contributed by atoms with Gasteiger partial charge in [0.05, 0.1) is 18.4 Å². The average Bonchev–Trinajstić information content (AvgIpc) is 2.85. The highest BCUT2D eigenvalue weighted by atomic mass is 32.2. The van der Waals surface area contributed by atoms with Crippen LogP contribution in [0, 0.1) is 5.92 Å². The predicted molar refractivity (Wildman–Crippen MR) is 149 cm³/mol. The lowest BCUT2D eigenvalue weighted by Crippen LogP contribution is -2.49. The van der Waals surface area contributed by atoms with Crippen LogP contribution in [0.5, 0.6) is 0 Å². The summed E-state index contributed by atoms with van der Waals surface area (Å²) in [5.74, 6) is 2.39. The van der Waals surface area contributed by atoms with Crippen molar-refractivity contribution in [2.75, 3.05) is 60.4 Å². The van der Waals surface area contributed by atoms with Crippen molar-refractivity contribution in [3.8, 4) is 0 Å². The van der Waals surface area contributed by atoms with E-state index in [1.54, 1.807) is 12.3 Å². The molecule has 11 heteroatoms. The number of sulfone groups is 1. The van der Waals surface area contributed by atoms with Gasteiger partial charge in [-0.3, -0.25) is 0 Å². The van der Waals surface area contributed by atoms with E-state index >= 15 is 0 Å². The summed E-state index contributed by atoms with van der Waals surface area (Å²) < 4.78 is 43.0. The first-order valence-corrected chi connectivity index (χ1v) is 15.0. The van der Waals surface area contributed by atoms with Gasteiger partial charge in [-0.2, -0.15) is 4.98 Å². The molecule has 2 aliphatic heterocycles. The Morgan fingerprint density at radius 2 is 1.89 bits per heavy atom. The van der Waals surface area contributed by atoms with Crippen LogP contribution in [-0.2, 0) is 14.6 Å². The predicted octanol–water partition coefficient (Wildman–Crippen LogP) is 3.94. The molecule has 2 atom stereocenters. The maximum Gasteiger partial charge on any atom is 0.227 e. The minimum Gasteiger partial charge on any atom is -0.378 e. The second-order valence-electron chi connectivity index (χ2n) is 10.7. The fraction of sp³-hybridized carbons (Fsp3) is 0.519. The maximum absolute atomic E-state index is 14.4. The third-order valence-corrected chi connectivity index (χ3v) is 8.41. The van der Waals surface area contributed by atoms with Gasteiger partial charge in [0.2, 0.25) is 5.95 Å². The van der Waals surface area contributed by atoms with E-state index in [1.165, 1.54) is 18.9 Å². The van der Waals surface area contributed by atoms with Gasteiger partial charge in [-0.05, 0) is 41.5 Å². The van der Waals surface area contributed by atoms with Crippen LogP contribution in [0.3, 0.4) is 0 Å². The number of halogens is 1. The standard InChI is InChI=1S/C27H35FN6O3S/c1-17(2)19-5-6-23(34-13-18(14-34)16-38(4,35)36)21-12-30-26(11-20(19)21)31-25-7-9-29-27(32-25)33-10-8-24(37-3)22(28)15-33/h5-7,9,11-12,17-18,22,24H,8,10,13-16H2,1-4H3,(H,29,30,31,32)/t22-,24+/m1/s1. The van der Waals surface area contributed by atoms with Gasteiger partial charge < -0.3 is 19.9 Å². The minimum absolute atomic E-state index is 0.152. The Morgan fingerprint density at radius 3 is 2.58 bits per heavy atom. The first-order valence-electron chi connectivity index (χ1n) is 13.0. The van der Waals surface area contributed by atoms with Crippen molar-refractivity contribution in [3.05, 3.63) is 42.2 Å². The molecule has 2 aromatic heterocycles. The molecule has 0 unspecified atom stereocenters. The molecule has 2 saturated heterocycles. The monoisotopic (exact) mass is 542 g/mol. The number of nitrogens with zero attached hydrogens (tertiary/aromatic N) is 5. The highest BCUT2D eigenvalue weighted by Gasteiger charge is 2.32. The Bertz CT molecular complexity index is 1410. The van der Waals surface area contributed by atoms with Crippen LogP contribution in [0.25, 0.3) is 10.8 Å². The maximum atomic E-state index is 14.4. The van der Waals surface area contributed by atoms with Gasteiger partial charge in [-0.1, -0.05) is 19.9 Å². The average molecular weight is 543 g/mol. The molecular formula is C27H35FN6O3S. The van der Waals surface area contributed by atoms with Gasteiger partial charge in [-0.15, -0.1) is 0 Å². The van der Waals surface area contributed by atoms with Gasteiger partial charge in [-0.25, -0.2) is 22.8 Å². The van der Waals surface area contributed by atoms with Crippen LogP contribution >= 0.6 is 0 Å². The number of pyridine rings is 1. The number of aromatic nitrogens is 3. The molecule has 1 aromatic carbocycles. The zero-order chi connectivity index (χ0) is 27.0. The molecule has 0 bridgehead atoms. The molecule has 204 valence electrons. The normalized spacial score (nSPS) is 20.7. The minimum atomic E-state index is -2.99. The number of rotatable bonds is 8. The van der Waals surface area contributed by atoms with E-state index in [-0.39, 0.29) is 18.2 Å². The molecule has 9 nitrogen and oxygen atoms in total. The lowest BCUT2D eigenvalue weighted by Gasteiger charge is -2.41. The van der Waals surface area contributed by atoms with Crippen LogP contribution in [0.4, 0.5) is 27.7 Å². The molecule has 4 heterocycles. The van der Waals surface area contributed by atoms with Crippen LogP contribution in [0.1, 0.15) is 31.7 Å². The number of fused-ring (bicyclic) bond motifs is 1. The Kier molecular flexibility index (Phi) is 7.41. The fourth-order valence-corrected chi connectivity index (χ4v) is 6.49. The summed E-state index contributed by atoms with van der Waals surface area (Å²) in [6, 6.07) is 8.07. The Hall–Kier alpha value is -3.05. The zero-order valence-electron chi connectivity index (χ0n) is 22.3. The van der Waals surface area contributed by atoms with Crippen molar-refractivity contribution in [1.29, 1.82) is 0 Å². The summed E-state index contributed by atoms with van der Waals surface area (Å²) in [5, 5.41) is 5.43. The van der Waals surface area contributed by atoms with Gasteiger partial charge in [0.1, 0.15) is 27.6 Å². The largest absolute Gasteiger partial charge is 0.378 e. The molecule has 1 N–H and O–H groups in total. The van der Waals surface area contributed by atoms with Crippen LogP contribution in [0.15, 0.2) is 36.7 Å². The van der Waals surface area contributed by atoms with E-state index in [2.05, 4.69) is 51.1 Å². The van der Waals surface area contributed by atoms with Crippen molar-refractivity contribution in [3.63, 3.8) is 0 Å². The highest BCUT2D eigenvalue weighted by Crippen LogP contribution is 2.37. The summed E-state index contributed by atoms with van der Waals surface area (Å²) in [7, 11) is -1.45. The summed E-state index contributed by atoms with van der Waals surface area (Å²) in [5.41, 5.74) is 2.28. The second kappa shape index (κ2) is 10.6. The van der Waals surface area contributed by atoms with Gasteiger partial charge in [0.25, 0.3) is 0 Å². The number of nitrogens with one attached hydrogen (secondary N) is 1. The zero-order valence-corrected chi connectivity index (χ0v) is 23.1. The van der Waals surface area contributed by atoms with E-state index < -0.39 is 22.1 Å². The van der Waals surface area contributed by atoms with Crippen molar-refractivity contribution in [2.24, 2.45) is 5.92 Å². The number of methoxy groups -OCH3 is 1. The third-order valence-electron chi connectivity index (χ3n) is 7.34. The lowest BCUT2D eigenvalue weighted by molar-refractivity contribution is 0.0194. The first-order chi connectivity index (χ1) is 18.1. The number of hydrogen-bond acceptors (Lipinski definition) is 9. The van der Waals surface area contributed by atoms with Crippen LogP contribution in [0.2, 0.25) is 0 Å².